The van der Waals surface area contributed by atoms with Gasteiger partial charge in [-0.25, -0.2) is 0 Å². The fourth-order valence-electron chi connectivity index (χ4n) is 0.920. The predicted octanol–water partition coefficient (Wildman–Crippen LogP) is 2.19. The van der Waals surface area contributed by atoms with Crippen LogP contribution in [0.3, 0.4) is 0 Å². The summed E-state index contributed by atoms with van der Waals surface area (Å²) in [6.45, 7) is 8.41. The van der Waals surface area contributed by atoms with Gasteiger partial charge in [0, 0.05) is 5.69 Å². The first kappa shape index (κ1) is 12.0. The zero-order valence-electron chi connectivity index (χ0n) is 8.80. The van der Waals surface area contributed by atoms with Crippen LogP contribution in [0.4, 0.5) is 5.69 Å². The molecular formula is C11H20N2. The number of nitrogens with one attached hydrogen (secondary N) is 1. The van der Waals surface area contributed by atoms with Crippen molar-refractivity contribution in [1.29, 1.82) is 0 Å². The quantitative estimate of drug-likeness (QED) is 0.685. The molecule has 0 heterocycles. The number of hydrogen-bond acceptors (Lipinski definition) is 2. The van der Waals surface area contributed by atoms with Gasteiger partial charge in [-0.1, -0.05) is 26.0 Å². The van der Waals surface area contributed by atoms with Gasteiger partial charge in [0.25, 0.3) is 0 Å². The lowest BCUT2D eigenvalue weighted by atomic mass is 10.2. The van der Waals surface area contributed by atoms with E-state index in [1.54, 1.807) is 0 Å². The first-order valence-electron chi connectivity index (χ1n) is 4.73. The number of nitrogens with two attached hydrogens (primary N) is 1. The van der Waals surface area contributed by atoms with Crippen LogP contribution in [0.15, 0.2) is 24.3 Å². The summed E-state index contributed by atoms with van der Waals surface area (Å²) in [5.41, 5.74) is 7.51. The molecule has 0 aliphatic heterocycles. The Balaban J connectivity index is 0.000000252. The van der Waals surface area contributed by atoms with Gasteiger partial charge in [0.2, 0.25) is 0 Å². The Morgan fingerprint density at radius 3 is 2.08 bits per heavy atom. The van der Waals surface area contributed by atoms with Crippen LogP contribution in [0.1, 0.15) is 19.4 Å². The second-order valence-corrected chi connectivity index (χ2v) is 2.87. The fourth-order valence-corrected chi connectivity index (χ4v) is 0.920. The van der Waals surface area contributed by atoms with Crippen molar-refractivity contribution in [3.63, 3.8) is 0 Å². The topological polar surface area (TPSA) is 38.0 Å². The van der Waals surface area contributed by atoms with Crippen molar-refractivity contribution < 1.29 is 0 Å². The zero-order valence-corrected chi connectivity index (χ0v) is 8.80. The highest BCUT2D eigenvalue weighted by Crippen LogP contribution is 2.03. The third-order valence-electron chi connectivity index (χ3n) is 1.54. The van der Waals surface area contributed by atoms with E-state index in [1.165, 1.54) is 5.56 Å². The van der Waals surface area contributed by atoms with Gasteiger partial charge in [-0.15, -0.1) is 0 Å². The van der Waals surface area contributed by atoms with Crippen molar-refractivity contribution >= 4 is 5.69 Å². The van der Waals surface area contributed by atoms with Gasteiger partial charge < -0.3 is 11.1 Å². The van der Waals surface area contributed by atoms with E-state index in [0.717, 1.165) is 18.8 Å². The maximum atomic E-state index is 5.46. The lowest BCUT2D eigenvalue weighted by Crippen LogP contribution is -2.09. The molecule has 0 aliphatic rings. The number of hydrogen-bond donors (Lipinski definition) is 2. The van der Waals surface area contributed by atoms with E-state index in [4.69, 9.17) is 5.73 Å². The standard InChI is InChI=1S/C7H9N.C4H11N/c1-6-3-2-4-7(8)5-6;1-3-5-4-2/h2-5H,8H2,1H3;5H,3-4H2,1-2H3. The van der Waals surface area contributed by atoms with Gasteiger partial charge in [-0.3, -0.25) is 0 Å². The van der Waals surface area contributed by atoms with Gasteiger partial charge in [-0.05, 0) is 37.7 Å². The molecule has 2 nitrogen and oxygen atoms in total. The lowest BCUT2D eigenvalue weighted by Gasteiger charge is -1.91. The van der Waals surface area contributed by atoms with Crippen molar-refractivity contribution in [2.45, 2.75) is 20.8 Å². The van der Waals surface area contributed by atoms with Crippen LogP contribution < -0.4 is 11.1 Å². The monoisotopic (exact) mass is 180 g/mol. The van der Waals surface area contributed by atoms with E-state index < -0.39 is 0 Å². The van der Waals surface area contributed by atoms with Crippen molar-refractivity contribution in [3.05, 3.63) is 29.8 Å². The van der Waals surface area contributed by atoms with Crippen LogP contribution >= 0.6 is 0 Å². The number of anilines is 1. The average molecular weight is 180 g/mol. The smallest absolute Gasteiger partial charge is 0.0316 e. The molecule has 0 atom stereocenters. The van der Waals surface area contributed by atoms with E-state index >= 15 is 0 Å². The maximum absolute atomic E-state index is 5.46. The van der Waals surface area contributed by atoms with Crippen LogP contribution in [-0.4, -0.2) is 13.1 Å². The van der Waals surface area contributed by atoms with Gasteiger partial charge in [0.05, 0.1) is 0 Å². The van der Waals surface area contributed by atoms with Crippen molar-refractivity contribution in [2.24, 2.45) is 0 Å². The molecule has 0 spiro atoms. The summed E-state index contributed by atoms with van der Waals surface area (Å²) < 4.78 is 0. The molecule has 0 unspecified atom stereocenters. The van der Waals surface area contributed by atoms with Crippen LogP contribution in [0.25, 0.3) is 0 Å². The van der Waals surface area contributed by atoms with E-state index in [2.05, 4.69) is 19.2 Å². The molecule has 2 heteroatoms. The van der Waals surface area contributed by atoms with Crippen LogP contribution in [0.2, 0.25) is 0 Å². The molecule has 74 valence electrons. The summed E-state index contributed by atoms with van der Waals surface area (Å²) in [6, 6.07) is 7.80. The molecule has 0 bridgehead atoms. The molecule has 1 aromatic carbocycles. The highest BCUT2D eigenvalue weighted by Gasteiger charge is 1.81. The number of benzene rings is 1. The Bertz CT molecular complexity index is 202. The molecule has 0 saturated carbocycles. The summed E-state index contributed by atoms with van der Waals surface area (Å²) in [7, 11) is 0. The summed E-state index contributed by atoms with van der Waals surface area (Å²) in [4.78, 5) is 0. The molecular weight excluding hydrogens is 160 g/mol. The molecule has 0 saturated heterocycles. The van der Waals surface area contributed by atoms with Crippen LogP contribution in [0, 0.1) is 6.92 Å². The lowest BCUT2D eigenvalue weighted by molar-refractivity contribution is 0.762. The Labute approximate surface area is 81.2 Å². The highest BCUT2D eigenvalue weighted by atomic mass is 14.8. The SMILES string of the molecule is CCNCC.Cc1cccc(N)c1. The van der Waals surface area contributed by atoms with E-state index in [-0.39, 0.29) is 0 Å². The summed E-state index contributed by atoms with van der Waals surface area (Å²) in [5.74, 6) is 0. The van der Waals surface area contributed by atoms with E-state index in [9.17, 15) is 0 Å². The third-order valence-corrected chi connectivity index (χ3v) is 1.54. The molecule has 0 amide bonds. The van der Waals surface area contributed by atoms with Gasteiger partial charge in [0.1, 0.15) is 0 Å². The normalized spacial score (nSPS) is 8.85. The maximum Gasteiger partial charge on any atom is 0.0316 e. The van der Waals surface area contributed by atoms with Gasteiger partial charge >= 0.3 is 0 Å². The molecule has 1 aromatic rings. The number of rotatable bonds is 2. The Hall–Kier alpha value is -1.02. The van der Waals surface area contributed by atoms with Crippen molar-refractivity contribution in [2.75, 3.05) is 18.8 Å². The second-order valence-electron chi connectivity index (χ2n) is 2.87. The second kappa shape index (κ2) is 7.62. The Morgan fingerprint density at radius 2 is 1.85 bits per heavy atom. The third kappa shape index (κ3) is 7.34. The van der Waals surface area contributed by atoms with E-state index in [1.807, 2.05) is 31.2 Å². The Morgan fingerprint density at radius 1 is 1.23 bits per heavy atom. The molecule has 13 heavy (non-hydrogen) atoms. The summed E-state index contributed by atoms with van der Waals surface area (Å²) in [5, 5.41) is 3.11. The highest BCUT2D eigenvalue weighted by molar-refractivity contribution is 5.39. The summed E-state index contributed by atoms with van der Waals surface area (Å²) in [6.07, 6.45) is 0. The minimum absolute atomic E-state index is 0.838. The molecule has 0 aliphatic carbocycles. The first-order chi connectivity index (χ1) is 6.20. The van der Waals surface area contributed by atoms with Gasteiger partial charge in [-0.2, -0.15) is 0 Å². The zero-order chi connectivity index (χ0) is 10.1. The molecule has 0 fully saturated rings. The van der Waals surface area contributed by atoms with E-state index in [0.29, 0.717) is 0 Å². The molecule has 0 radical (unpaired) electrons. The van der Waals surface area contributed by atoms with Crippen molar-refractivity contribution in [3.8, 4) is 0 Å². The van der Waals surface area contributed by atoms with Gasteiger partial charge in [0.15, 0.2) is 0 Å². The predicted molar refractivity (Wildman–Crippen MR) is 59.8 cm³/mol. The summed E-state index contributed by atoms with van der Waals surface area (Å²) >= 11 is 0. The minimum Gasteiger partial charge on any atom is -0.399 e. The van der Waals surface area contributed by atoms with Crippen LogP contribution in [0.5, 0.6) is 0 Å². The Kier molecular flexibility index (Phi) is 7.02. The number of nitrogen functional groups attached to an aromatic ring is 1. The fraction of sp³-hybridized carbons (Fsp3) is 0.455. The van der Waals surface area contributed by atoms with Crippen molar-refractivity contribution in [1.82, 2.24) is 5.32 Å². The number of aryl methyl sites for hydroxylation is 1. The average Bonchev–Trinajstić information content (AvgIpc) is 2.06. The largest absolute Gasteiger partial charge is 0.399 e. The molecule has 0 aromatic heterocycles. The minimum atomic E-state index is 0.838. The molecule has 3 N–H and O–H groups in total. The molecule has 1 rings (SSSR count). The van der Waals surface area contributed by atoms with Crippen LogP contribution in [-0.2, 0) is 0 Å². The first-order valence-corrected chi connectivity index (χ1v) is 4.73.